The maximum Gasteiger partial charge on any atom is 0.264 e. The Balaban J connectivity index is 1.33. The number of rotatable bonds is 10. The van der Waals surface area contributed by atoms with Crippen molar-refractivity contribution in [3.63, 3.8) is 0 Å². The van der Waals surface area contributed by atoms with Gasteiger partial charge in [0.2, 0.25) is 5.91 Å². The lowest BCUT2D eigenvalue weighted by atomic mass is 9.82. The molecule has 1 unspecified atom stereocenters. The first kappa shape index (κ1) is 24.1. The number of nitrogens with zero attached hydrogens (tertiary/aromatic N) is 2. The van der Waals surface area contributed by atoms with Gasteiger partial charge in [0.1, 0.15) is 0 Å². The molecule has 2 amide bonds. The Morgan fingerprint density at radius 2 is 1.60 bits per heavy atom. The largest absolute Gasteiger partial charge is 0.355 e. The molecule has 8 nitrogen and oxygen atoms in total. The van der Waals surface area contributed by atoms with Crippen molar-refractivity contribution in [1.82, 2.24) is 20.5 Å². The van der Waals surface area contributed by atoms with Crippen molar-refractivity contribution in [2.45, 2.75) is 30.8 Å². The van der Waals surface area contributed by atoms with E-state index in [0.29, 0.717) is 32.4 Å². The van der Waals surface area contributed by atoms with Crippen molar-refractivity contribution in [2.24, 2.45) is 5.73 Å². The van der Waals surface area contributed by atoms with Crippen LogP contribution >= 0.6 is 0 Å². The number of aromatic nitrogens is 1. The van der Waals surface area contributed by atoms with Gasteiger partial charge in [0.05, 0.1) is 6.04 Å². The van der Waals surface area contributed by atoms with Gasteiger partial charge in [0.15, 0.2) is 11.5 Å². The molecule has 1 fully saturated rings. The number of hydrogen-bond donors (Lipinski definition) is 4. The minimum absolute atomic E-state index is 0.0751. The van der Waals surface area contributed by atoms with Gasteiger partial charge in [-0.15, -0.1) is 0 Å². The molecular formula is C27H30N6O2. The lowest BCUT2D eigenvalue weighted by Crippen LogP contribution is -2.45. The molecule has 0 spiro atoms. The van der Waals surface area contributed by atoms with E-state index in [0.717, 1.165) is 16.7 Å². The van der Waals surface area contributed by atoms with Crippen molar-refractivity contribution >= 4 is 17.8 Å². The van der Waals surface area contributed by atoms with Gasteiger partial charge in [0.25, 0.3) is 5.91 Å². The molecule has 1 aliphatic heterocycles. The van der Waals surface area contributed by atoms with Gasteiger partial charge < -0.3 is 16.4 Å². The molecule has 0 bridgehead atoms. The predicted molar refractivity (Wildman–Crippen MR) is 134 cm³/mol. The SMILES string of the molecule is N=C1NC(c2ccccc2)(c2ccccc2)C(=O)N1CCCCNC(=O)C(N)Cc1ccncc1. The average Bonchev–Trinajstić information content (AvgIpc) is 3.15. The average molecular weight is 471 g/mol. The molecule has 0 aliphatic carbocycles. The first-order chi connectivity index (χ1) is 17.0. The third kappa shape index (κ3) is 5.22. The van der Waals surface area contributed by atoms with Crippen molar-refractivity contribution in [3.05, 3.63) is 102 Å². The number of carbonyl (C=O) groups is 2. The van der Waals surface area contributed by atoms with Gasteiger partial charge in [-0.05, 0) is 48.1 Å². The number of carbonyl (C=O) groups excluding carboxylic acids is 2. The summed E-state index contributed by atoms with van der Waals surface area (Å²) in [5.41, 5.74) is 7.43. The highest BCUT2D eigenvalue weighted by Crippen LogP contribution is 2.35. The van der Waals surface area contributed by atoms with E-state index in [4.69, 9.17) is 11.1 Å². The van der Waals surface area contributed by atoms with Crippen LogP contribution in [0.2, 0.25) is 0 Å². The molecule has 180 valence electrons. The number of amides is 2. The standard InChI is InChI=1S/C27H30N6O2/c28-23(19-20-13-16-30-17-14-20)24(34)31-15-7-8-18-33-25(35)27(32-26(33)29,21-9-3-1-4-10-21)22-11-5-2-6-12-22/h1-6,9-14,16-17,23H,7-8,15,18-19,28H2,(H2,29,32)(H,31,34). The summed E-state index contributed by atoms with van der Waals surface area (Å²) in [6, 6.07) is 22.0. The Morgan fingerprint density at radius 3 is 2.20 bits per heavy atom. The van der Waals surface area contributed by atoms with E-state index in [1.807, 2.05) is 72.8 Å². The van der Waals surface area contributed by atoms with Crippen LogP contribution in [0.25, 0.3) is 0 Å². The van der Waals surface area contributed by atoms with Crippen LogP contribution in [-0.4, -0.2) is 46.8 Å². The molecule has 0 saturated carbocycles. The Labute approximate surface area is 205 Å². The van der Waals surface area contributed by atoms with Crippen LogP contribution < -0.4 is 16.4 Å². The topological polar surface area (TPSA) is 124 Å². The fourth-order valence-electron chi connectivity index (χ4n) is 4.35. The quantitative estimate of drug-likeness (QED) is 0.338. The van der Waals surface area contributed by atoms with Crippen LogP contribution in [0.15, 0.2) is 85.2 Å². The predicted octanol–water partition coefficient (Wildman–Crippen LogP) is 2.16. The Kier molecular flexibility index (Phi) is 7.52. The molecule has 3 aromatic rings. The first-order valence-corrected chi connectivity index (χ1v) is 11.7. The minimum atomic E-state index is -1.13. The second-order valence-corrected chi connectivity index (χ2v) is 8.58. The maximum atomic E-state index is 13.7. The summed E-state index contributed by atoms with van der Waals surface area (Å²) in [6.45, 7) is 0.833. The van der Waals surface area contributed by atoms with Crippen LogP contribution in [-0.2, 0) is 21.5 Å². The second kappa shape index (κ2) is 10.9. The molecule has 1 aromatic heterocycles. The highest BCUT2D eigenvalue weighted by molar-refractivity contribution is 6.10. The summed E-state index contributed by atoms with van der Waals surface area (Å²) < 4.78 is 0. The van der Waals surface area contributed by atoms with E-state index in [1.165, 1.54) is 4.90 Å². The summed E-state index contributed by atoms with van der Waals surface area (Å²) in [5, 5.41) is 14.5. The highest BCUT2D eigenvalue weighted by Gasteiger charge is 2.51. The molecular weight excluding hydrogens is 440 g/mol. The number of nitrogens with two attached hydrogens (primary N) is 1. The first-order valence-electron chi connectivity index (χ1n) is 11.7. The van der Waals surface area contributed by atoms with Gasteiger partial charge in [-0.2, -0.15) is 0 Å². The van der Waals surface area contributed by atoms with Crippen molar-refractivity contribution < 1.29 is 9.59 Å². The zero-order valence-electron chi connectivity index (χ0n) is 19.5. The van der Waals surface area contributed by atoms with E-state index in [-0.39, 0.29) is 17.8 Å². The molecule has 1 atom stereocenters. The zero-order valence-corrected chi connectivity index (χ0v) is 19.5. The maximum absolute atomic E-state index is 13.7. The van der Waals surface area contributed by atoms with E-state index in [9.17, 15) is 9.59 Å². The number of pyridine rings is 1. The third-order valence-electron chi connectivity index (χ3n) is 6.20. The number of hydrogen-bond acceptors (Lipinski definition) is 5. The van der Waals surface area contributed by atoms with Crippen LogP contribution in [0.5, 0.6) is 0 Å². The fourth-order valence-corrected chi connectivity index (χ4v) is 4.35. The number of guanidine groups is 1. The minimum Gasteiger partial charge on any atom is -0.355 e. The van der Waals surface area contributed by atoms with E-state index in [1.54, 1.807) is 12.4 Å². The molecule has 4 rings (SSSR count). The summed E-state index contributed by atoms with van der Waals surface area (Å²) >= 11 is 0. The Hall–Kier alpha value is -4.04. The van der Waals surface area contributed by atoms with Gasteiger partial charge in [-0.1, -0.05) is 60.7 Å². The zero-order chi connectivity index (χ0) is 24.7. The second-order valence-electron chi connectivity index (χ2n) is 8.58. The lowest BCUT2D eigenvalue weighted by Gasteiger charge is -2.28. The lowest BCUT2D eigenvalue weighted by molar-refractivity contribution is -0.130. The van der Waals surface area contributed by atoms with Crippen molar-refractivity contribution in [1.29, 1.82) is 5.41 Å². The van der Waals surface area contributed by atoms with Gasteiger partial charge in [0, 0.05) is 25.5 Å². The molecule has 35 heavy (non-hydrogen) atoms. The Morgan fingerprint density at radius 1 is 1.00 bits per heavy atom. The monoisotopic (exact) mass is 470 g/mol. The number of unbranched alkanes of at least 4 members (excludes halogenated alkanes) is 1. The molecule has 5 N–H and O–H groups in total. The third-order valence-corrected chi connectivity index (χ3v) is 6.20. The normalized spacial score (nSPS) is 15.5. The van der Waals surface area contributed by atoms with Crippen LogP contribution in [0.1, 0.15) is 29.5 Å². The summed E-state index contributed by atoms with van der Waals surface area (Å²) in [5.74, 6) is -0.310. The van der Waals surface area contributed by atoms with Crippen LogP contribution in [0, 0.1) is 5.41 Å². The fraction of sp³-hybridized carbons (Fsp3) is 0.259. The summed E-state index contributed by atoms with van der Waals surface area (Å²) in [6.07, 6.45) is 5.09. The number of benzene rings is 2. The smallest absolute Gasteiger partial charge is 0.264 e. The summed E-state index contributed by atoms with van der Waals surface area (Å²) in [4.78, 5) is 31.5. The summed E-state index contributed by atoms with van der Waals surface area (Å²) in [7, 11) is 0. The van der Waals surface area contributed by atoms with Crippen LogP contribution in [0.3, 0.4) is 0 Å². The molecule has 8 heteroatoms. The molecule has 1 aliphatic rings. The van der Waals surface area contributed by atoms with Crippen LogP contribution in [0.4, 0.5) is 0 Å². The molecule has 0 radical (unpaired) electrons. The molecule has 2 heterocycles. The molecule has 2 aromatic carbocycles. The van der Waals surface area contributed by atoms with E-state index in [2.05, 4.69) is 15.6 Å². The van der Waals surface area contributed by atoms with Gasteiger partial charge >= 0.3 is 0 Å². The molecule has 1 saturated heterocycles. The van der Waals surface area contributed by atoms with E-state index < -0.39 is 11.6 Å². The van der Waals surface area contributed by atoms with Crippen molar-refractivity contribution in [2.75, 3.05) is 13.1 Å². The Bertz CT molecular complexity index is 1110. The number of nitrogens with one attached hydrogen (secondary N) is 3. The van der Waals surface area contributed by atoms with Gasteiger partial charge in [-0.3, -0.25) is 24.9 Å². The van der Waals surface area contributed by atoms with Crippen molar-refractivity contribution in [3.8, 4) is 0 Å². The van der Waals surface area contributed by atoms with E-state index >= 15 is 0 Å². The van der Waals surface area contributed by atoms with Gasteiger partial charge in [-0.25, -0.2) is 0 Å². The highest BCUT2D eigenvalue weighted by atomic mass is 16.2.